The Labute approximate surface area is 149 Å². The first-order valence-electron chi connectivity index (χ1n) is 8.93. The van der Waals surface area contributed by atoms with Crippen LogP contribution in [0.5, 0.6) is 0 Å². The van der Waals surface area contributed by atoms with Crippen LogP contribution in [0.4, 0.5) is 5.69 Å². The molecule has 0 aromatic heterocycles. The zero-order valence-electron chi connectivity index (χ0n) is 14.7. The minimum absolute atomic E-state index is 0.214. The third-order valence-electron chi connectivity index (χ3n) is 4.90. The second-order valence-corrected chi connectivity index (χ2v) is 6.57. The number of carbonyl (C=O) groups is 1. The molecule has 1 aliphatic heterocycles. The molecule has 2 aromatic rings. The predicted octanol–water partition coefficient (Wildman–Crippen LogP) is 3.52. The van der Waals surface area contributed by atoms with Gasteiger partial charge in [-0.25, -0.2) is 4.79 Å². The molecule has 25 heavy (non-hydrogen) atoms. The molecule has 0 aliphatic carbocycles. The topological polar surface area (TPSA) is 41.6 Å². The molecule has 1 heterocycles. The number of esters is 1. The number of piperidine rings is 1. The monoisotopic (exact) mass is 338 g/mol. The van der Waals surface area contributed by atoms with E-state index in [1.807, 2.05) is 30.3 Å². The van der Waals surface area contributed by atoms with E-state index in [1.54, 1.807) is 0 Å². The molecule has 1 aliphatic rings. The van der Waals surface area contributed by atoms with Crippen LogP contribution in [0.3, 0.4) is 0 Å². The van der Waals surface area contributed by atoms with Crippen molar-refractivity contribution in [3.63, 3.8) is 0 Å². The summed E-state index contributed by atoms with van der Waals surface area (Å²) in [5.41, 5.74) is 2.37. The van der Waals surface area contributed by atoms with Gasteiger partial charge in [0.1, 0.15) is 6.04 Å². The molecule has 0 radical (unpaired) electrons. The van der Waals surface area contributed by atoms with Gasteiger partial charge in [-0.2, -0.15) is 0 Å². The molecule has 132 valence electrons. The van der Waals surface area contributed by atoms with Crippen LogP contribution in [0.2, 0.25) is 0 Å². The third kappa shape index (κ3) is 4.83. The highest BCUT2D eigenvalue weighted by Gasteiger charge is 2.26. The number of rotatable bonds is 6. The number of carbonyl (C=O) groups excluding carboxylic acids is 1. The number of methoxy groups -OCH3 is 1. The number of likely N-dealkylation sites (tertiary alicyclic amines) is 1. The summed E-state index contributed by atoms with van der Waals surface area (Å²) in [5.74, 6) is 0.408. The van der Waals surface area contributed by atoms with Crippen LogP contribution in [0.1, 0.15) is 24.3 Å². The molecule has 2 aromatic carbocycles. The van der Waals surface area contributed by atoms with E-state index in [1.165, 1.54) is 12.7 Å². The predicted molar refractivity (Wildman–Crippen MR) is 101 cm³/mol. The van der Waals surface area contributed by atoms with Crippen LogP contribution in [0.15, 0.2) is 60.7 Å². The molecule has 0 saturated carbocycles. The van der Waals surface area contributed by atoms with Crippen molar-refractivity contribution in [2.75, 3.05) is 32.1 Å². The van der Waals surface area contributed by atoms with E-state index in [-0.39, 0.29) is 12.0 Å². The van der Waals surface area contributed by atoms with Gasteiger partial charge in [0.25, 0.3) is 0 Å². The lowest BCUT2D eigenvalue weighted by Gasteiger charge is -2.34. The van der Waals surface area contributed by atoms with E-state index in [4.69, 9.17) is 4.74 Å². The second kappa shape index (κ2) is 8.67. The standard InChI is InChI=1S/C21H26N2O2/c1-25-21(24)20(22-19-10-6-3-7-11-19)16-23-14-12-18(13-15-23)17-8-4-2-5-9-17/h2-11,18,20,22H,12-16H2,1H3. The summed E-state index contributed by atoms with van der Waals surface area (Å²) >= 11 is 0. The summed E-state index contributed by atoms with van der Waals surface area (Å²) in [5, 5.41) is 3.30. The lowest BCUT2D eigenvalue weighted by molar-refractivity contribution is -0.142. The highest BCUT2D eigenvalue weighted by Crippen LogP contribution is 2.27. The van der Waals surface area contributed by atoms with Gasteiger partial charge in [0, 0.05) is 12.2 Å². The van der Waals surface area contributed by atoms with Crippen molar-refractivity contribution in [1.29, 1.82) is 0 Å². The van der Waals surface area contributed by atoms with Crippen molar-refractivity contribution in [2.45, 2.75) is 24.8 Å². The van der Waals surface area contributed by atoms with Gasteiger partial charge in [0.05, 0.1) is 7.11 Å². The molecule has 1 atom stereocenters. The van der Waals surface area contributed by atoms with Gasteiger partial charge in [-0.1, -0.05) is 48.5 Å². The van der Waals surface area contributed by atoms with Crippen molar-refractivity contribution >= 4 is 11.7 Å². The highest BCUT2D eigenvalue weighted by molar-refractivity contribution is 5.79. The van der Waals surface area contributed by atoms with Crippen molar-refractivity contribution in [3.05, 3.63) is 66.2 Å². The van der Waals surface area contributed by atoms with Crippen molar-refractivity contribution < 1.29 is 9.53 Å². The smallest absolute Gasteiger partial charge is 0.329 e. The molecule has 0 bridgehead atoms. The van der Waals surface area contributed by atoms with Crippen LogP contribution in [-0.2, 0) is 9.53 Å². The summed E-state index contributed by atoms with van der Waals surface area (Å²) in [6, 6.07) is 20.2. The maximum Gasteiger partial charge on any atom is 0.329 e. The first-order valence-corrected chi connectivity index (χ1v) is 8.93. The van der Waals surface area contributed by atoms with Gasteiger partial charge in [-0.05, 0) is 49.5 Å². The molecular formula is C21H26N2O2. The quantitative estimate of drug-likeness (QED) is 0.818. The lowest BCUT2D eigenvalue weighted by Crippen LogP contribution is -2.45. The third-order valence-corrected chi connectivity index (χ3v) is 4.90. The molecule has 4 nitrogen and oxygen atoms in total. The summed E-state index contributed by atoms with van der Waals surface area (Å²) in [7, 11) is 1.45. The van der Waals surface area contributed by atoms with Gasteiger partial charge in [0.2, 0.25) is 0 Å². The fourth-order valence-electron chi connectivity index (χ4n) is 3.49. The average molecular weight is 338 g/mol. The van der Waals surface area contributed by atoms with E-state index >= 15 is 0 Å². The first-order chi connectivity index (χ1) is 12.3. The molecule has 1 fully saturated rings. The van der Waals surface area contributed by atoms with Gasteiger partial charge in [-0.15, -0.1) is 0 Å². The van der Waals surface area contributed by atoms with Crippen LogP contribution in [-0.4, -0.2) is 43.7 Å². The number of nitrogens with one attached hydrogen (secondary N) is 1. The van der Waals surface area contributed by atoms with Crippen molar-refractivity contribution in [2.24, 2.45) is 0 Å². The van der Waals surface area contributed by atoms with E-state index in [0.29, 0.717) is 12.5 Å². The largest absolute Gasteiger partial charge is 0.467 e. The van der Waals surface area contributed by atoms with Gasteiger partial charge in [0.15, 0.2) is 0 Å². The van der Waals surface area contributed by atoms with Crippen molar-refractivity contribution in [3.8, 4) is 0 Å². The number of para-hydroxylation sites is 1. The first kappa shape index (κ1) is 17.5. The van der Waals surface area contributed by atoms with Crippen molar-refractivity contribution in [1.82, 2.24) is 4.90 Å². The number of anilines is 1. The summed E-state index contributed by atoms with van der Waals surface area (Å²) in [4.78, 5) is 14.5. The SMILES string of the molecule is COC(=O)C(CN1CCC(c2ccccc2)CC1)Nc1ccccc1. The number of hydrogen-bond acceptors (Lipinski definition) is 4. The second-order valence-electron chi connectivity index (χ2n) is 6.57. The Balaban J connectivity index is 1.57. The highest BCUT2D eigenvalue weighted by atomic mass is 16.5. The number of hydrogen-bond donors (Lipinski definition) is 1. The number of nitrogens with zero attached hydrogens (tertiary/aromatic N) is 1. The Morgan fingerprint density at radius 3 is 2.28 bits per heavy atom. The molecule has 1 N–H and O–H groups in total. The van der Waals surface area contributed by atoms with Gasteiger partial charge in [-0.3, -0.25) is 0 Å². The van der Waals surface area contributed by atoms with Crippen LogP contribution in [0.25, 0.3) is 0 Å². The molecule has 1 saturated heterocycles. The summed E-state index contributed by atoms with van der Waals surface area (Å²) in [6.07, 6.45) is 2.26. The minimum Gasteiger partial charge on any atom is -0.467 e. The van der Waals surface area contributed by atoms with E-state index in [9.17, 15) is 4.79 Å². The van der Waals surface area contributed by atoms with Crippen LogP contribution in [0, 0.1) is 0 Å². The Bertz CT molecular complexity index is 652. The summed E-state index contributed by atoms with van der Waals surface area (Å²) < 4.78 is 4.99. The van der Waals surface area contributed by atoms with Crippen LogP contribution >= 0.6 is 0 Å². The Morgan fingerprint density at radius 1 is 1.08 bits per heavy atom. The fraction of sp³-hybridized carbons (Fsp3) is 0.381. The van der Waals surface area contributed by atoms with E-state index < -0.39 is 0 Å². The maximum atomic E-state index is 12.2. The molecule has 1 unspecified atom stereocenters. The Morgan fingerprint density at radius 2 is 1.68 bits per heavy atom. The molecule has 0 amide bonds. The lowest BCUT2D eigenvalue weighted by atomic mass is 9.89. The zero-order valence-corrected chi connectivity index (χ0v) is 14.7. The maximum absolute atomic E-state index is 12.2. The average Bonchev–Trinajstić information content (AvgIpc) is 2.69. The fourth-order valence-corrected chi connectivity index (χ4v) is 3.49. The Kier molecular flexibility index (Phi) is 6.07. The van der Waals surface area contributed by atoms with E-state index in [2.05, 4.69) is 40.5 Å². The molecule has 4 heteroatoms. The number of ether oxygens (including phenoxy) is 1. The van der Waals surface area contributed by atoms with E-state index in [0.717, 1.165) is 31.6 Å². The zero-order chi connectivity index (χ0) is 17.5. The Hall–Kier alpha value is -2.33. The normalized spacial score (nSPS) is 17.0. The minimum atomic E-state index is -0.347. The number of benzene rings is 2. The van der Waals surface area contributed by atoms with Crippen LogP contribution < -0.4 is 5.32 Å². The van der Waals surface area contributed by atoms with Gasteiger partial charge >= 0.3 is 5.97 Å². The molecule has 0 spiro atoms. The molecular weight excluding hydrogens is 312 g/mol. The van der Waals surface area contributed by atoms with Gasteiger partial charge < -0.3 is 15.0 Å². The summed E-state index contributed by atoms with van der Waals surface area (Å²) in [6.45, 7) is 2.68. The molecule has 3 rings (SSSR count).